The van der Waals surface area contributed by atoms with Crippen molar-refractivity contribution in [2.75, 3.05) is 0 Å². The molecule has 1 aromatic carbocycles. The Morgan fingerprint density at radius 3 is 2.35 bits per heavy atom. The van der Waals surface area contributed by atoms with Gasteiger partial charge in [0.2, 0.25) is 5.78 Å². The van der Waals surface area contributed by atoms with Crippen LogP contribution in [0, 0.1) is 16.0 Å². The topological polar surface area (TPSA) is 87.1 Å². The summed E-state index contributed by atoms with van der Waals surface area (Å²) < 4.78 is 39.5. The lowest BCUT2D eigenvalue weighted by Gasteiger charge is -2.13. The number of ketones is 1. The molecule has 0 aliphatic heterocycles. The first-order chi connectivity index (χ1) is 12.0. The van der Waals surface area contributed by atoms with Gasteiger partial charge >= 0.3 is 17.4 Å². The highest BCUT2D eigenvalue weighted by molar-refractivity contribution is 5.84. The molecule has 0 fully saturated rings. The number of benzene rings is 1. The quantitative estimate of drug-likeness (QED) is 0.577. The van der Waals surface area contributed by atoms with Crippen molar-refractivity contribution in [3.8, 4) is 5.69 Å². The van der Waals surface area contributed by atoms with Crippen molar-refractivity contribution in [3.63, 3.8) is 0 Å². The third-order valence-electron chi connectivity index (χ3n) is 3.93. The van der Waals surface area contributed by atoms with E-state index in [-0.39, 0.29) is 12.1 Å². The fourth-order valence-corrected chi connectivity index (χ4v) is 2.74. The van der Waals surface area contributed by atoms with E-state index in [1.54, 1.807) is 30.3 Å². The zero-order chi connectivity index (χ0) is 19.6. The predicted octanol–water partition coefficient (Wildman–Crippen LogP) is 2.78. The van der Waals surface area contributed by atoms with Crippen LogP contribution in [-0.2, 0) is 18.3 Å². The molecule has 0 saturated heterocycles. The molecule has 0 unspecified atom stereocenters. The number of Topliss-reactive ketones (excluding diaryl/α,β-unsaturated/α-hetero) is 1. The molecule has 0 spiro atoms. The Morgan fingerprint density at radius 2 is 1.85 bits per heavy atom. The van der Waals surface area contributed by atoms with E-state index >= 15 is 0 Å². The molecule has 0 N–H and O–H groups in total. The summed E-state index contributed by atoms with van der Waals surface area (Å²) in [5.41, 5.74) is -1.24. The van der Waals surface area contributed by atoms with Crippen LogP contribution in [0.4, 0.5) is 18.9 Å². The Labute approximate surface area is 145 Å². The van der Waals surface area contributed by atoms with Crippen molar-refractivity contribution < 1.29 is 22.9 Å². The van der Waals surface area contributed by atoms with Crippen molar-refractivity contribution in [1.82, 2.24) is 9.36 Å². The molecule has 0 aliphatic rings. The maximum Gasteiger partial charge on any atom is 0.449 e. The van der Waals surface area contributed by atoms with Crippen LogP contribution in [0.15, 0.2) is 35.1 Å². The van der Waals surface area contributed by atoms with E-state index in [0.717, 1.165) is 4.68 Å². The van der Waals surface area contributed by atoms with Crippen LogP contribution >= 0.6 is 0 Å². The minimum absolute atomic E-state index is 0.0358. The number of carbonyl (C=O) groups is 1. The van der Waals surface area contributed by atoms with E-state index in [1.807, 2.05) is 0 Å². The maximum atomic E-state index is 12.5. The molecule has 7 nitrogen and oxygen atoms in total. The van der Waals surface area contributed by atoms with Crippen molar-refractivity contribution in [1.29, 1.82) is 0 Å². The van der Waals surface area contributed by atoms with E-state index in [4.69, 9.17) is 0 Å². The monoisotopic (exact) mass is 371 g/mol. The number of nitro groups is 1. The summed E-state index contributed by atoms with van der Waals surface area (Å²) in [7, 11) is 1.41. The number of rotatable bonds is 6. The Kier molecular flexibility index (Phi) is 5.33. The fraction of sp³-hybridized carbons (Fsp3) is 0.375. The summed E-state index contributed by atoms with van der Waals surface area (Å²) in [5.74, 6) is -2.74. The number of hydrogen-bond acceptors (Lipinski definition) is 4. The Morgan fingerprint density at radius 1 is 1.27 bits per heavy atom. The molecule has 10 heteroatoms. The van der Waals surface area contributed by atoms with Gasteiger partial charge in [0.15, 0.2) is 0 Å². The lowest BCUT2D eigenvalue weighted by molar-refractivity contribution is -0.386. The fourth-order valence-electron chi connectivity index (χ4n) is 2.74. The summed E-state index contributed by atoms with van der Waals surface area (Å²) in [5, 5.41) is 11.3. The largest absolute Gasteiger partial charge is 0.449 e. The van der Waals surface area contributed by atoms with E-state index in [1.165, 1.54) is 18.7 Å². The molecule has 1 aromatic heterocycles. The van der Waals surface area contributed by atoms with Crippen LogP contribution in [-0.4, -0.2) is 26.2 Å². The number of alkyl halides is 3. The summed E-state index contributed by atoms with van der Waals surface area (Å²) in [6.07, 6.45) is -5.99. The van der Waals surface area contributed by atoms with Crippen LogP contribution in [0.2, 0.25) is 0 Å². The maximum absolute atomic E-state index is 12.5. The lowest BCUT2D eigenvalue weighted by atomic mass is 9.98. The minimum Gasteiger partial charge on any atom is -0.290 e. The molecule has 26 heavy (non-hydrogen) atoms. The molecule has 0 amide bonds. The lowest BCUT2D eigenvalue weighted by Crippen LogP contribution is -2.25. The molecule has 0 saturated carbocycles. The van der Waals surface area contributed by atoms with Crippen LogP contribution in [0.5, 0.6) is 0 Å². The zero-order valence-corrected chi connectivity index (χ0v) is 14.0. The van der Waals surface area contributed by atoms with Gasteiger partial charge in [0.1, 0.15) is 5.69 Å². The van der Waals surface area contributed by atoms with Crippen LogP contribution < -0.4 is 5.56 Å². The summed E-state index contributed by atoms with van der Waals surface area (Å²) in [6.45, 7) is 1.37. The van der Waals surface area contributed by atoms with Crippen molar-refractivity contribution in [3.05, 3.63) is 56.5 Å². The number of hydrogen-bond donors (Lipinski definition) is 0. The smallest absolute Gasteiger partial charge is 0.290 e. The predicted molar refractivity (Wildman–Crippen MR) is 86.2 cm³/mol. The van der Waals surface area contributed by atoms with Crippen LogP contribution in [0.1, 0.15) is 19.0 Å². The molecule has 0 radical (unpaired) electrons. The highest BCUT2D eigenvalue weighted by Crippen LogP contribution is 2.25. The molecule has 1 heterocycles. The van der Waals surface area contributed by atoms with Crippen molar-refractivity contribution >= 4 is 11.5 Å². The molecule has 2 aromatic rings. The average molecular weight is 371 g/mol. The van der Waals surface area contributed by atoms with Crippen LogP contribution in [0.25, 0.3) is 5.69 Å². The van der Waals surface area contributed by atoms with Crippen molar-refractivity contribution in [2.24, 2.45) is 13.0 Å². The molecule has 0 aliphatic carbocycles. The van der Waals surface area contributed by atoms with Gasteiger partial charge in [-0.3, -0.25) is 24.4 Å². The Hall–Kier alpha value is -2.91. The number of nitrogens with zero attached hydrogens (tertiary/aromatic N) is 3. The molecular formula is C16H16F3N3O4. The van der Waals surface area contributed by atoms with E-state index in [0.29, 0.717) is 5.69 Å². The second-order valence-electron chi connectivity index (χ2n) is 5.96. The number of carbonyl (C=O) groups excluding carboxylic acids is 1. The van der Waals surface area contributed by atoms with Gasteiger partial charge in [0.05, 0.1) is 10.6 Å². The standard InChI is InChI=1S/C16H16F3N3O4/c1-10(9-13(23)16(17,18)19)8-12-14(22(25)26)15(24)21(20(12)2)11-6-4-3-5-7-11/h3-7,10H,8-9H2,1-2H3/t10-/m0/s1. The number of halogens is 3. The van der Waals surface area contributed by atoms with Gasteiger partial charge in [0.25, 0.3) is 0 Å². The van der Waals surface area contributed by atoms with Gasteiger partial charge in [-0.25, -0.2) is 4.68 Å². The molecule has 140 valence electrons. The third kappa shape index (κ3) is 3.84. The highest BCUT2D eigenvalue weighted by atomic mass is 19.4. The minimum atomic E-state index is -4.96. The first-order valence-electron chi connectivity index (χ1n) is 7.64. The van der Waals surface area contributed by atoms with Gasteiger partial charge in [-0.1, -0.05) is 25.1 Å². The average Bonchev–Trinajstić information content (AvgIpc) is 2.77. The molecule has 0 bridgehead atoms. The van der Waals surface area contributed by atoms with Gasteiger partial charge in [-0.15, -0.1) is 0 Å². The van der Waals surface area contributed by atoms with Gasteiger partial charge in [0, 0.05) is 13.5 Å². The molecule has 2 rings (SSSR count). The Bertz CT molecular complexity index is 885. The van der Waals surface area contributed by atoms with Gasteiger partial charge in [-0.2, -0.15) is 13.2 Å². The van der Waals surface area contributed by atoms with Crippen LogP contribution in [0.3, 0.4) is 0 Å². The second kappa shape index (κ2) is 7.14. The summed E-state index contributed by atoms with van der Waals surface area (Å²) >= 11 is 0. The highest BCUT2D eigenvalue weighted by Gasteiger charge is 2.39. The first kappa shape index (κ1) is 19.4. The number of para-hydroxylation sites is 1. The summed E-state index contributed by atoms with van der Waals surface area (Å²) in [4.78, 5) is 34.1. The zero-order valence-electron chi connectivity index (χ0n) is 14.0. The van der Waals surface area contributed by atoms with Crippen molar-refractivity contribution in [2.45, 2.75) is 25.9 Å². The first-order valence-corrected chi connectivity index (χ1v) is 7.64. The third-order valence-corrected chi connectivity index (χ3v) is 3.93. The second-order valence-corrected chi connectivity index (χ2v) is 5.96. The molecular weight excluding hydrogens is 355 g/mol. The molecule has 1 atom stereocenters. The Balaban J connectivity index is 2.44. The van der Waals surface area contributed by atoms with Gasteiger partial charge in [-0.05, 0) is 24.5 Å². The normalized spacial score (nSPS) is 12.8. The van der Waals surface area contributed by atoms with Gasteiger partial charge < -0.3 is 0 Å². The van der Waals surface area contributed by atoms with E-state index < -0.39 is 40.5 Å². The van der Waals surface area contributed by atoms with E-state index in [9.17, 15) is 32.9 Å². The van der Waals surface area contributed by atoms with E-state index in [2.05, 4.69) is 0 Å². The SMILES string of the molecule is C[C@H](CC(=O)C(F)(F)F)Cc1c([N+](=O)[O-])c(=O)n(-c2ccccc2)n1C. The summed E-state index contributed by atoms with van der Waals surface area (Å²) in [6, 6.07) is 8.14. The number of aromatic nitrogens is 2.